The summed E-state index contributed by atoms with van der Waals surface area (Å²) in [6.45, 7) is -0.849. The van der Waals surface area contributed by atoms with Gasteiger partial charge in [-0.3, -0.25) is 4.79 Å². The average Bonchev–Trinajstić information content (AvgIpc) is 2.53. The Morgan fingerprint density at radius 3 is 2.41 bits per heavy atom. The zero-order valence-electron chi connectivity index (χ0n) is 11.4. The molecule has 122 valence electrons. The van der Waals surface area contributed by atoms with Crippen LogP contribution in [0.15, 0.2) is 29.4 Å². The van der Waals surface area contributed by atoms with Crippen molar-refractivity contribution in [2.24, 2.45) is 5.10 Å². The molecule has 1 aromatic carbocycles. The lowest BCUT2D eigenvalue weighted by molar-refractivity contribution is -0.148. The van der Waals surface area contributed by atoms with Crippen LogP contribution in [0.3, 0.4) is 0 Å². The predicted molar refractivity (Wildman–Crippen MR) is 75.0 cm³/mol. The first-order chi connectivity index (χ1) is 10.4. The number of aliphatic hydroxyl groups is 5. The van der Waals surface area contributed by atoms with Gasteiger partial charge in [0.2, 0.25) is 0 Å². The van der Waals surface area contributed by atoms with Gasteiger partial charge >= 0.3 is 0 Å². The molecule has 0 bridgehead atoms. The maximum atomic E-state index is 11.5. The van der Waals surface area contributed by atoms with Crippen LogP contribution >= 0.6 is 0 Å². The van der Waals surface area contributed by atoms with Crippen LogP contribution in [-0.2, 0) is 4.79 Å². The lowest BCUT2D eigenvalue weighted by Gasteiger charge is -2.24. The number of hydrazone groups is 1. The first-order valence-corrected chi connectivity index (χ1v) is 6.32. The van der Waals surface area contributed by atoms with Gasteiger partial charge in [-0.05, 0) is 12.1 Å². The number of rotatable bonds is 7. The van der Waals surface area contributed by atoms with Crippen LogP contribution in [0.2, 0.25) is 0 Å². The molecule has 0 heterocycles. The molecular formula is C13H18N2O7. The van der Waals surface area contributed by atoms with E-state index < -0.39 is 36.9 Å². The summed E-state index contributed by atoms with van der Waals surface area (Å²) in [6, 6.07) is 6.17. The van der Waals surface area contributed by atoms with Gasteiger partial charge in [0.25, 0.3) is 5.91 Å². The molecule has 1 amide bonds. The molecule has 7 N–H and O–H groups in total. The number of carbonyl (C=O) groups excluding carboxylic acids is 1. The molecule has 22 heavy (non-hydrogen) atoms. The van der Waals surface area contributed by atoms with Gasteiger partial charge in [0, 0.05) is 5.56 Å². The molecule has 0 fully saturated rings. The summed E-state index contributed by atoms with van der Waals surface area (Å²) in [7, 11) is 0. The number of phenols is 1. The van der Waals surface area contributed by atoms with Gasteiger partial charge < -0.3 is 30.6 Å². The predicted octanol–water partition coefficient (Wildman–Crippen LogP) is -2.72. The van der Waals surface area contributed by atoms with Gasteiger partial charge in [-0.25, -0.2) is 5.43 Å². The Bertz CT molecular complexity index is 523. The summed E-state index contributed by atoms with van der Waals surface area (Å²) in [5, 5.41) is 59.1. The number of hydrogen-bond acceptors (Lipinski definition) is 8. The SMILES string of the molecule is O=C(N/N=C/c1ccccc1O)[C@H](O)[C@@H](O)[C@H](O)[C@H](O)CO. The molecule has 0 spiro atoms. The number of aliphatic hydroxyl groups excluding tert-OH is 5. The smallest absolute Gasteiger partial charge is 0.271 e. The van der Waals surface area contributed by atoms with Gasteiger partial charge in [-0.15, -0.1) is 0 Å². The highest BCUT2D eigenvalue weighted by Gasteiger charge is 2.34. The molecule has 0 aromatic heterocycles. The summed E-state index contributed by atoms with van der Waals surface area (Å²) in [6.07, 6.45) is -6.58. The minimum Gasteiger partial charge on any atom is -0.507 e. The Hall–Kier alpha value is -2.04. The van der Waals surface area contributed by atoms with Crippen LogP contribution in [0, 0.1) is 0 Å². The highest BCUT2D eigenvalue weighted by Crippen LogP contribution is 2.12. The first-order valence-electron chi connectivity index (χ1n) is 6.32. The maximum absolute atomic E-state index is 11.5. The van der Waals surface area contributed by atoms with Crippen molar-refractivity contribution in [3.63, 3.8) is 0 Å². The third-order valence-corrected chi connectivity index (χ3v) is 2.84. The van der Waals surface area contributed by atoms with Crippen LogP contribution in [0.4, 0.5) is 0 Å². The van der Waals surface area contributed by atoms with E-state index in [1.54, 1.807) is 12.1 Å². The molecule has 0 aliphatic rings. The molecule has 0 saturated heterocycles. The van der Waals surface area contributed by atoms with Crippen molar-refractivity contribution in [2.75, 3.05) is 6.61 Å². The molecule has 0 aliphatic heterocycles. The van der Waals surface area contributed by atoms with Crippen LogP contribution < -0.4 is 5.43 Å². The van der Waals surface area contributed by atoms with E-state index in [9.17, 15) is 25.2 Å². The number of aromatic hydroxyl groups is 1. The average molecular weight is 314 g/mol. The lowest BCUT2D eigenvalue weighted by Crippen LogP contribution is -2.50. The Kier molecular flexibility index (Phi) is 6.89. The Labute approximate surface area is 125 Å². The van der Waals surface area contributed by atoms with Gasteiger partial charge in [0.1, 0.15) is 24.1 Å². The second-order valence-electron chi connectivity index (χ2n) is 4.47. The van der Waals surface area contributed by atoms with Crippen LogP contribution in [0.5, 0.6) is 5.75 Å². The van der Waals surface area contributed by atoms with Gasteiger partial charge in [-0.2, -0.15) is 5.10 Å². The number of nitrogens with one attached hydrogen (secondary N) is 1. The Balaban J connectivity index is 2.59. The molecular weight excluding hydrogens is 296 g/mol. The molecule has 1 rings (SSSR count). The first kappa shape index (κ1) is 18.0. The van der Waals surface area contributed by atoms with Crippen molar-refractivity contribution in [3.05, 3.63) is 29.8 Å². The zero-order chi connectivity index (χ0) is 16.7. The van der Waals surface area contributed by atoms with Crippen molar-refractivity contribution in [1.82, 2.24) is 5.43 Å². The number of phenolic OH excluding ortho intramolecular Hbond substituents is 1. The van der Waals surface area contributed by atoms with Gasteiger partial charge in [-0.1, -0.05) is 12.1 Å². The number of amides is 1. The standard InChI is InChI=1S/C13H18N2O7/c16-6-9(18)10(19)11(20)12(21)13(22)15-14-5-7-3-1-2-4-8(7)17/h1-5,9-12,16-21H,6H2,(H,15,22)/b14-5+/t9-,10-,11+,12-/m1/s1. The number of para-hydroxylation sites is 1. The fourth-order valence-electron chi connectivity index (χ4n) is 1.51. The molecule has 1 aromatic rings. The largest absolute Gasteiger partial charge is 0.507 e. The molecule has 4 atom stereocenters. The summed E-state index contributed by atoms with van der Waals surface area (Å²) >= 11 is 0. The van der Waals surface area contributed by atoms with E-state index in [1.165, 1.54) is 12.1 Å². The van der Waals surface area contributed by atoms with Crippen LogP contribution in [0.1, 0.15) is 5.56 Å². The number of nitrogens with zero attached hydrogens (tertiary/aromatic N) is 1. The van der Waals surface area contributed by atoms with E-state index in [4.69, 9.17) is 10.2 Å². The summed E-state index contributed by atoms with van der Waals surface area (Å²) in [4.78, 5) is 11.5. The third kappa shape index (κ3) is 4.76. The minimum atomic E-state index is -2.07. The third-order valence-electron chi connectivity index (χ3n) is 2.84. The molecule has 0 radical (unpaired) electrons. The van der Waals surface area contributed by atoms with Crippen LogP contribution in [-0.4, -0.2) is 73.8 Å². The van der Waals surface area contributed by atoms with E-state index in [0.29, 0.717) is 5.56 Å². The Morgan fingerprint density at radius 2 is 1.82 bits per heavy atom. The topological polar surface area (TPSA) is 163 Å². The molecule has 0 aliphatic carbocycles. The molecule has 9 heteroatoms. The summed E-state index contributed by atoms with van der Waals surface area (Å²) in [5.41, 5.74) is 2.22. The summed E-state index contributed by atoms with van der Waals surface area (Å²) < 4.78 is 0. The number of carbonyl (C=O) groups is 1. The number of benzene rings is 1. The van der Waals surface area contributed by atoms with Crippen molar-refractivity contribution in [3.8, 4) is 5.75 Å². The normalized spacial score (nSPS) is 17.0. The molecule has 0 unspecified atom stereocenters. The van der Waals surface area contributed by atoms with Crippen molar-refractivity contribution >= 4 is 12.1 Å². The summed E-state index contributed by atoms with van der Waals surface area (Å²) in [5.74, 6) is -1.20. The fraction of sp³-hybridized carbons (Fsp3) is 0.385. The van der Waals surface area contributed by atoms with E-state index in [1.807, 2.05) is 5.43 Å². The fourth-order valence-corrected chi connectivity index (χ4v) is 1.51. The highest BCUT2D eigenvalue weighted by atomic mass is 16.4. The van der Waals surface area contributed by atoms with E-state index in [0.717, 1.165) is 6.21 Å². The van der Waals surface area contributed by atoms with E-state index in [2.05, 4.69) is 5.10 Å². The van der Waals surface area contributed by atoms with Crippen molar-refractivity contribution < 1.29 is 35.4 Å². The van der Waals surface area contributed by atoms with Crippen molar-refractivity contribution in [2.45, 2.75) is 24.4 Å². The highest BCUT2D eigenvalue weighted by molar-refractivity contribution is 5.86. The molecule has 9 nitrogen and oxygen atoms in total. The van der Waals surface area contributed by atoms with Gasteiger partial charge in [0.15, 0.2) is 6.10 Å². The lowest BCUT2D eigenvalue weighted by atomic mass is 10.0. The van der Waals surface area contributed by atoms with Crippen LogP contribution in [0.25, 0.3) is 0 Å². The quantitative estimate of drug-likeness (QED) is 0.212. The second kappa shape index (κ2) is 8.41. The van der Waals surface area contributed by atoms with Crippen molar-refractivity contribution in [1.29, 1.82) is 0 Å². The minimum absolute atomic E-state index is 0.0671. The number of hydrogen-bond donors (Lipinski definition) is 7. The molecule has 0 saturated carbocycles. The zero-order valence-corrected chi connectivity index (χ0v) is 11.4. The van der Waals surface area contributed by atoms with E-state index >= 15 is 0 Å². The Morgan fingerprint density at radius 1 is 1.18 bits per heavy atom. The van der Waals surface area contributed by atoms with Gasteiger partial charge in [0.05, 0.1) is 12.8 Å². The maximum Gasteiger partial charge on any atom is 0.271 e. The van der Waals surface area contributed by atoms with E-state index in [-0.39, 0.29) is 5.75 Å². The monoisotopic (exact) mass is 314 g/mol. The second-order valence-corrected chi connectivity index (χ2v) is 4.47.